The van der Waals surface area contributed by atoms with Crippen LogP contribution in [-0.2, 0) is 16.6 Å². The Morgan fingerprint density at radius 3 is 2.32 bits per heavy atom. The molecule has 0 radical (unpaired) electrons. The van der Waals surface area contributed by atoms with E-state index in [0.717, 1.165) is 16.8 Å². The van der Waals surface area contributed by atoms with Crippen molar-refractivity contribution >= 4 is 10.0 Å². The minimum absolute atomic E-state index is 0.0128. The SMILES string of the molecule is CCOc1ccc(CNS(=O)(=O)c2cc(-c3onc(C)c3C)ccc2OC)cc1OC. The number of sulfonamides is 1. The molecule has 1 aromatic heterocycles. The molecular weight excluding hydrogens is 420 g/mol. The van der Waals surface area contributed by atoms with E-state index in [1.165, 1.54) is 20.3 Å². The number of hydrogen-bond acceptors (Lipinski definition) is 7. The van der Waals surface area contributed by atoms with Crippen molar-refractivity contribution in [2.45, 2.75) is 32.2 Å². The number of methoxy groups -OCH3 is 2. The van der Waals surface area contributed by atoms with E-state index in [-0.39, 0.29) is 17.2 Å². The molecule has 166 valence electrons. The van der Waals surface area contributed by atoms with Crippen LogP contribution in [0, 0.1) is 13.8 Å². The summed E-state index contributed by atoms with van der Waals surface area (Å²) in [6.45, 7) is 6.15. The molecule has 0 aliphatic heterocycles. The molecule has 0 aliphatic rings. The Morgan fingerprint density at radius 1 is 1.00 bits per heavy atom. The summed E-state index contributed by atoms with van der Waals surface area (Å²) < 4.78 is 50.3. The van der Waals surface area contributed by atoms with E-state index in [1.807, 2.05) is 20.8 Å². The highest BCUT2D eigenvalue weighted by Gasteiger charge is 2.22. The fraction of sp³-hybridized carbons (Fsp3) is 0.318. The lowest BCUT2D eigenvalue weighted by Crippen LogP contribution is -2.24. The van der Waals surface area contributed by atoms with E-state index < -0.39 is 10.0 Å². The molecule has 8 nitrogen and oxygen atoms in total. The van der Waals surface area contributed by atoms with E-state index in [4.69, 9.17) is 18.7 Å². The van der Waals surface area contributed by atoms with Gasteiger partial charge in [0, 0.05) is 17.7 Å². The minimum Gasteiger partial charge on any atom is -0.495 e. The predicted molar refractivity (Wildman–Crippen MR) is 116 cm³/mol. The Morgan fingerprint density at radius 2 is 1.71 bits per heavy atom. The van der Waals surface area contributed by atoms with Gasteiger partial charge < -0.3 is 18.7 Å². The molecular formula is C22H26N2O6S. The van der Waals surface area contributed by atoms with Gasteiger partial charge in [-0.15, -0.1) is 0 Å². The van der Waals surface area contributed by atoms with Crippen LogP contribution >= 0.6 is 0 Å². The average Bonchev–Trinajstić information content (AvgIpc) is 3.11. The zero-order chi connectivity index (χ0) is 22.6. The molecule has 0 saturated carbocycles. The third-order valence-electron chi connectivity index (χ3n) is 4.87. The Hall–Kier alpha value is -3.04. The molecule has 0 amide bonds. The summed E-state index contributed by atoms with van der Waals surface area (Å²) in [6.07, 6.45) is 0. The van der Waals surface area contributed by atoms with Crippen molar-refractivity contribution in [3.8, 4) is 28.6 Å². The lowest BCUT2D eigenvalue weighted by Gasteiger charge is -2.14. The standard InChI is InChI=1S/C22H26N2O6S/c1-6-29-18-9-7-16(11-20(18)28-5)13-23-31(25,26)21-12-17(8-10-19(21)27-4)22-14(2)15(3)24-30-22/h7-12,23H,6,13H2,1-5H3. The molecule has 2 aromatic carbocycles. The molecule has 1 heterocycles. The van der Waals surface area contributed by atoms with E-state index in [2.05, 4.69) is 9.88 Å². The van der Waals surface area contributed by atoms with Crippen molar-refractivity contribution in [2.75, 3.05) is 20.8 Å². The molecule has 0 atom stereocenters. The summed E-state index contributed by atoms with van der Waals surface area (Å²) >= 11 is 0. The van der Waals surface area contributed by atoms with Crippen LogP contribution in [-0.4, -0.2) is 34.4 Å². The minimum atomic E-state index is -3.89. The zero-order valence-electron chi connectivity index (χ0n) is 18.2. The molecule has 9 heteroatoms. The van der Waals surface area contributed by atoms with Crippen molar-refractivity contribution in [3.63, 3.8) is 0 Å². The second kappa shape index (κ2) is 9.40. The van der Waals surface area contributed by atoms with Gasteiger partial charge in [0.2, 0.25) is 10.0 Å². The van der Waals surface area contributed by atoms with Crippen LogP contribution in [0.1, 0.15) is 23.7 Å². The molecule has 0 fully saturated rings. The Balaban J connectivity index is 1.89. The molecule has 3 aromatic rings. The molecule has 0 aliphatic carbocycles. The Labute approximate surface area is 182 Å². The van der Waals surface area contributed by atoms with Crippen molar-refractivity contribution in [1.82, 2.24) is 9.88 Å². The predicted octanol–water partition coefficient (Wildman–Crippen LogP) is 3.85. The summed E-state index contributed by atoms with van der Waals surface area (Å²) in [5.41, 5.74) is 2.92. The highest BCUT2D eigenvalue weighted by atomic mass is 32.2. The number of nitrogens with one attached hydrogen (secondary N) is 1. The van der Waals surface area contributed by atoms with E-state index in [0.29, 0.717) is 29.4 Å². The highest BCUT2D eigenvalue weighted by molar-refractivity contribution is 7.89. The first-order chi connectivity index (χ1) is 14.8. The maximum atomic E-state index is 13.1. The Bertz CT molecular complexity index is 1170. The van der Waals surface area contributed by atoms with Gasteiger partial charge in [0.15, 0.2) is 17.3 Å². The van der Waals surface area contributed by atoms with E-state index in [1.54, 1.807) is 30.3 Å². The summed E-state index contributed by atoms with van der Waals surface area (Å²) in [4.78, 5) is 0.0128. The van der Waals surface area contributed by atoms with Gasteiger partial charge in [0.05, 0.1) is 26.5 Å². The van der Waals surface area contributed by atoms with Crippen LogP contribution in [0.4, 0.5) is 0 Å². The fourth-order valence-electron chi connectivity index (χ4n) is 3.07. The number of rotatable bonds is 9. The van der Waals surface area contributed by atoms with Crippen LogP contribution in [0.5, 0.6) is 17.2 Å². The number of ether oxygens (including phenoxy) is 3. The molecule has 1 N–H and O–H groups in total. The van der Waals surface area contributed by atoms with Gasteiger partial charge in [0.1, 0.15) is 10.6 Å². The van der Waals surface area contributed by atoms with Gasteiger partial charge in [-0.25, -0.2) is 13.1 Å². The number of benzene rings is 2. The number of aromatic nitrogens is 1. The van der Waals surface area contributed by atoms with E-state index in [9.17, 15) is 8.42 Å². The van der Waals surface area contributed by atoms with Crippen molar-refractivity contribution in [1.29, 1.82) is 0 Å². The summed E-state index contributed by atoms with van der Waals surface area (Å²) in [6, 6.07) is 10.1. The topological polar surface area (TPSA) is 99.9 Å². The number of aryl methyl sites for hydroxylation is 1. The average molecular weight is 447 g/mol. The lowest BCUT2D eigenvalue weighted by atomic mass is 10.1. The van der Waals surface area contributed by atoms with Gasteiger partial charge >= 0.3 is 0 Å². The largest absolute Gasteiger partial charge is 0.495 e. The van der Waals surface area contributed by atoms with Crippen LogP contribution in [0.2, 0.25) is 0 Å². The first-order valence-electron chi connectivity index (χ1n) is 9.71. The maximum absolute atomic E-state index is 13.1. The second-order valence-electron chi connectivity index (χ2n) is 6.83. The van der Waals surface area contributed by atoms with Crippen molar-refractivity contribution < 1.29 is 27.2 Å². The normalized spacial score (nSPS) is 11.4. The number of nitrogens with zero attached hydrogens (tertiary/aromatic N) is 1. The van der Waals surface area contributed by atoms with Crippen molar-refractivity contribution in [2.24, 2.45) is 0 Å². The summed E-state index contributed by atoms with van der Waals surface area (Å²) in [7, 11) is -0.924. The third-order valence-corrected chi connectivity index (χ3v) is 6.29. The highest BCUT2D eigenvalue weighted by Crippen LogP contribution is 2.33. The van der Waals surface area contributed by atoms with Gasteiger partial charge in [0.25, 0.3) is 0 Å². The molecule has 0 unspecified atom stereocenters. The third kappa shape index (κ3) is 4.83. The quantitative estimate of drug-likeness (QED) is 0.533. The van der Waals surface area contributed by atoms with Gasteiger partial charge in [-0.1, -0.05) is 11.2 Å². The fourth-order valence-corrected chi connectivity index (χ4v) is 4.28. The van der Waals surface area contributed by atoms with Crippen LogP contribution in [0.15, 0.2) is 45.8 Å². The van der Waals surface area contributed by atoms with Gasteiger partial charge in [-0.05, 0) is 56.7 Å². The first-order valence-corrected chi connectivity index (χ1v) is 11.2. The molecule has 0 spiro atoms. The Kier molecular flexibility index (Phi) is 6.87. The van der Waals surface area contributed by atoms with Crippen LogP contribution in [0.25, 0.3) is 11.3 Å². The lowest BCUT2D eigenvalue weighted by molar-refractivity contribution is 0.310. The van der Waals surface area contributed by atoms with Crippen molar-refractivity contribution in [3.05, 3.63) is 53.2 Å². The van der Waals surface area contributed by atoms with Gasteiger partial charge in [-0.3, -0.25) is 0 Å². The monoisotopic (exact) mass is 446 g/mol. The van der Waals surface area contributed by atoms with E-state index >= 15 is 0 Å². The molecule has 0 saturated heterocycles. The second-order valence-corrected chi connectivity index (χ2v) is 8.57. The van der Waals surface area contributed by atoms with Gasteiger partial charge in [-0.2, -0.15) is 0 Å². The smallest absolute Gasteiger partial charge is 0.244 e. The first kappa shape index (κ1) is 22.6. The zero-order valence-corrected chi connectivity index (χ0v) is 19.0. The molecule has 0 bridgehead atoms. The number of hydrogen-bond donors (Lipinski definition) is 1. The summed E-state index contributed by atoms with van der Waals surface area (Å²) in [5, 5.41) is 3.95. The maximum Gasteiger partial charge on any atom is 0.244 e. The molecule has 31 heavy (non-hydrogen) atoms. The van der Waals surface area contributed by atoms with Crippen LogP contribution in [0.3, 0.4) is 0 Å². The molecule has 3 rings (SSSR count). The van der Waals surface area contributed by atoms with Crippen LogP contribution < -0.4 is 18.9 Å². The summed E-state index contributed by atoms with van der Waals surface area (Å²) in [5.74, 6) is 1.89.